The van der Waals surface area contributed by atoms with Crippen molar-refractivity contribution in [2.75, 3.05) is 37.6 Å². The van der Waals surface area contributed by atoms with Crippen molar-refractivity contribution in [2.24, 2.45) is 0 Å². The fourth-order valence-corrected chi connectivity index (χ4v) is 5.89. The Morgan fingerprint density at radius 3 is 2.50 bits per heavy atom. The summed E-state index contributed by atoms with van der Waals surface area (Å²) in [5, 5.41) is 0. The molecule has 0 unspecified atom stereocenters. The number of carbonyl (C=O) groups is 1. The number of para-hydroxylation sites is 1. The maximum atomic E-state index is 13.1. The van der Waals surface area contributed by atoms with E-state index in [9.17, 15) is 13.2 Å². The SMILES string of the molecule is Cc1ccc(S(=O)(=O)N2CCCN(CC(=O)N3c4ccccc4C[C@H]3C)CC2)cc1. The molecule has 0 saturated carbocycles. The van der Waals surface area contributed by atoms with Gasteiger partial charge in [-0.1, -0.05) is 35.9 Å². The first-order chi connectivity index (χ1) is 14.4. The van der Waals surface area contributed by atoms with Crippen LogP contribution in [0.2, 0.25) is 0 Å². The van der Waals surface area contributed by atoms with Gasteiger partial charge in [-0.2, -0.15) is 4.31 Å². The van der Waals surface area contributed by atoms with E-state index in [2.05, 4.69) is 17.9 Å². The Bertz CT molecular complexity index is 1020. The van der Waals surface area contributed by atoms with Gasteiger partial charge in [-0.05, 0) is 57.0 Å². The molecule has 4 rings (SSSR count). The monoisotopic (exact) mass is 427 g/mol. The lowest BCUT2D eigenvalue weighted by Crippen LogP contribution is -2.44. The second-order valence-corrected chi connectivity index (χ2v) is 10.2. The summed E-state index contributed by atoms with van der Waals surface area (Å²) >= 11 is 0. The summed E-state index contributed by atoms with van der Waals surface area (Å²) in [7, 11) is -3.51. The molecule has 0 radical (unpaired) electrons. The Balaban J connectivity index is 1.41. The molecule has 7 heteroatoms. The van der Waals surface area contributed by atoms with Gasteiger partial charge in [0, 0.05) is 31.4 Å². The second kappa shape index (κ2) is 8.49. The summed E-state index contributed by atoms with van der Waals surface area (Å²) < 4.78 is 27.6. The number of amides is 1. The molecule has 2 aromatic carbocycles. The lowest BCUT2D eigenvalue weighted by atomic mass is 10.1. The zero-order valence-electron chi connectivity index (χ0n) is 17.6. The van der Waals surface area contributed by atoms with Crippen LogP contribution in [0.5, 0.6) is 0 Å². The molecule has 0 aliphatic carbocycles. The van der Waals surface area contributed by atoms with Gasteiger partial charge in [0.1, 0.15) is 0 Å². The minimum Gasteiger partial charge on any atom is -0.308 e. The van der Waals surface area contributed by atoms with E-state index in [4.69, 9.17) is 0 Å². The highest BCUT2D eigenvalue weighted by Crippen LogP contribution is 2.32. The second-order valence-electron chi connectivity index (χ2n) is 8.29. The van der Waals surface area contributed by atoms with E-state index in [1.807, 2.05) is 42.2 Å². The maximum absolute atomic E-state index is 13.1. The first kappa shape index (κ1) is 21.0. The number of rotatable bonds is 4. The number of carbonyl (C=O) groups excluding carboxylic acids is 1. The largest absolute Gasteiger partial charge is 0.308 e. The fraction of sp³-hybridized carbons (Fsp3) is 0.435. The summed E-state index contributed by atoms with van der Waals surface area (Å²) in [4.78, 5) is 17.4. The first-order valence-corrected chi connectivity index (χ1v) is 12.0. The van der Waals surface area contributed by atoms with Crippen molar-refractivity contribution < 1.29 is 13.2 Å². The van der Waals surface area contributed by atoms with Gasteiger partial charge in [0.2, 0.25) is 15.9 Å². The number of aryl methyl sites for hydroxylation is 1. The topological polar surface area (TPSA) is 60.9 Å². The third kappa shape index (κ3) is 4.15. The summed E-state index contributed by atoms with van der Waals surface area (Å²) in [6.07, 6.45) is 1.59. The fourth-order valence-electron chi connectivity index (χ4n) is 4.42. The first-order valence-electron chi connectivity index (χ1n) is 10.6. The molecule has 1 saturated heterocycles. The third-order valence-electron chi connectivity index (χ3n) is 6.04. The van der Waals surface area contributed by atoms with E-state index in [0.717, 1.165) is 24.2 Å². The Hall–Kier alpha value is -2.22. The van der Waals surface area contributed by atoms with Crippen LogP contribution in [-0.4, -0.2) is 62.3 Å². The number of nitrogens with zero attached hydrogens (tertiary/aromatic N) is 3. The molecule has 0 bridgehead atoms. The maximum Gasteiger partial charge on any atom is 0.243 e. The van der Waals surface area contributed by atoms with Crippen LogP contribution in [0.25, 0.3) is 0 Å². The van der Waals surface area contributed by atoms with Crippen molar-refractivity contribution in [1.82, 2.24) is 9.21 Å². The standard InChI is InChI=1S/C23H29N3O3S/c1-18-8-10-21(11-9-18)30(28,29)25-13-5-12-24(14-15-25)17-23(27)26-19(2)16-20-6-3-4-7-22(20)26/h3-4,6-11,19H,5,12-17H2,1-2H3/t19-/m1/s1. The van der Waals surface area contributed by atoms with E-state index < -0.39 is 10.0 Å². The van der Waals surface area contributed by atoms with E-state index in [1.54, 1.807) is 16.4 Å². The molecule has 2 aromatic rings. The highest BCUT2D eigenvalue weighted by atomic mass is 32.2. The van der Waals surface area contributed by atoms with Gasteiger partial charge in [0.05, 0.1) is 11.4 Å². The van der Waals surface area contributed by atoms with Gasteiger partial charge in [0.25, 0.3) is 0 Å². The predicted octanol–water partition coefficient (Wildman–Crippen LogP) is 2.67. The lowest BCUT2D eigenvalue weighted by Gasteiger charge is -2.27. The molecule has 0 spiro atoms. The van der Waals surface area contributed by atoms with Crippen LogP contribution in [0.3, 0.4) is 0 Å². The van der Waals surface area contributed by atoms with Gasteiger partial charge >= 0.3 is 0 Å². The van der Waals surface area contributed by atoms with Gasteiger partial charge < -0.3 is 4.90 Å². The molecule has 6 nitrogen and oxygen atoms in total. The summed E-state index contributed by atoms with van der Waals surface area (Å²) in [6.45, 7) is 6.49. The van der Waals surface area contributed by atoms with Crippen LogP contribution in [0.4, 0.5) is 5.69 Å². The minimum atomic E-state index is -3.51. The molecule has 1 fully saturated rings. The highest BCUT2D eigenvalue weighted by Gasteiger charge is 2.32. The zero-order chi connectivity index (χ0) is 21.3. The molecule has 30 heavy (non-hydrogen) atoms. The zero-order valence-corrected chi connectivity index (χ0v) is 18.4. The quantitative estimate of drug-likeness (QED) is 0.753. The number of hydrogen-bond acceptors (Lipinski definition) is 4. The molecule has 2 aliphatic rings. The van der Waals surface area contributed by atoms with Gasteiger partial charge in [-0.15, -0.1) is 0 Å². The Morgan fingerprint density at radius 1 is 1.00 bits per heavy atom. The molecule has 1 atom stereocenters. The average molecular weight is 428 g/mol. The summed E-state index contributed by atoms with van der Waals surface area (Å²) in [5.74, 6) is 0.0855. The van der Waals surface area contributed by atoms with Crippen LogP contribution < -0.4 is 4.90 Å². The highest BCUT2D eigenvalue weighted by molar-refractivity contribution is 7.89. The van der Waals surface area contributed by atoms with Crippen molar-refractivity contribution in [3.8, 4) is 0 Å². The minimum absolute atomic E-state index is 0.0855. The van der Waals surface area contributed by atoms with E-state index in [1.165, 1.54) is 5.56 Å². The van der Waals surface area contributed by atoms with Crippen molar-refractivity contribution in [3.05, 3.63) is 59.7 Å². The van der Waals surface area contributed by atoms with E-state index >= 15 is 0 Å². The van der Waals surface area contributed by atoms with Gasteiger partial charge in [-0.3, -0.25) is 9.69 Å². The lowest BCUT2D eigenvalue weighted by molar-refractivity contribution is -0.120. The molecule has 0 aromatic heterocycles. The molecular formula is C23H29N3O3S. The number of hydrogen-bond donors (Lipinski definition) is 0. The summed E-state index contributed by atoms with van der Waals surface area (Å²) in [5.41, 5.74) is 3.25. The van der Waals surface area contributed by atoms with E-state index in [-0.39, 0.29) is 11.9 Å². The Morgan fingerprint density at radius 2 is 1.73 bits per heavy atom. The third-order valence-corrected chi connectivity index (χ3v) is 7.95. The number of benzene rings is 2. The van der Waals surface area contributed by atoms with Crippen LogP contribution in [0.15, 0.2) is 53.4 Å². The number of anilines is 1. The number of fused-ring (bicyclic) bond motifs is 1. The van der Waals surface area contributed by atoms with Crippen molar-refractivity contribution in [3.63, 3.8) is 0 Å². The predicted molar refractivity (Wildman–Crippen MR) is 118 cm³/mol. The molecular weight excluding hydrogens is 398 g/mol. The molecule has 0 N–H and O–H groups in total. The van der Waals surface area contributed by atoms with Crippen molar-refractivity contribution in [2.45, 2.75) is 37.6 Å². The molecule has 1 amide bonds. The molecule has 160 valence electrons. The van der Waals surface area contributed by atoms with Crippen LogP contribution in [0, 0.1) is 6.92 Å². The molecule has 2 heterocycles. The number of sulfonamides is 1. The van der Waals surface area contributed by atoms with Crippen LogP contribution >= 0.6 is 0 Å². The van der Waals surface area contributed by atoms with Crippen LogP contribution in [0.1, 0.15) is 24.5 Å². The normalized spacial score (nSPS) is 20.7. The Kier molecular flexibility index (Phi) is 5.95. The van der Waals surface area contributed by atoms with Crippen molar-refractivity contribution >= 4 is 21.6 Å². The molecule has 2 aliphatic heterocycles. The van der Waals surface area contributed by atoms with E-state index in [0.29, 0.717) is 37.5 Å². The van der Waals surface area contributed by atoms with Crippen LogP contribution in [-0.2, 0) is 21.2 Å². The van der Waals surface area contributed by atoms with Gasteiger partial charge in [-0.25, -0.2) is 8.42 Å². The van der Waals surface area contributed by atoms with Gasteiger partial charge in [0.15, 0.2) is 0 Å². The Labute approximate surface area is 179 Å². The summed E-state index contributed by atoms with van der Waals surface area (Å²) in [6, 6.07) is 15.2. The average Bonchev–Trinajstić information content (AvgIpc) is 2.88. The van der Waals surface area contributed by atoms with Crippen molar-refractivity contribution in [1.29, 1.82) is 0 Å². The smallest absolute Gasteiger partial charge is 0.243 e.